The zero-order chi connectivity index (χ0) is 26.0. The third kappa shape index (κ3) is 3.82. The topological polar surface area (TPSA) is 118 Å². The number of fused-ring (bicyclic) bond motifs is 3. The summed E-state index contributed by atoms with van der Waals surface area (Å²) in [6, 6.07) is 2.93. The highest BCUT2D eigenvalue weighted by Crippen LogP contribution is 2.50. The lowest BCUT2D eigenvalue weighted by Crippen LogP contribution is -2.29. The summed E-state index contributed by atoms with van der Waals surface area (Å²) in [7, 11) is 0. The fourth-order valence-electron chi connectivity index (χ4n) is 5.45. The van der Waals surface area contributed by atoms with Gasteiger partial charge in [0.1, 0.15) is 0 Å². The molecule has 5 heterocycles. The second kappa shape index (κ2) is 8.57. The number of hydrogen-bond acceptors (Lipinski definition) is 8. The van der Waals surface area contributed by atoms with Gasteiger partial charge in [-0.1, -0.05) is 11.6 Å². The van der Waals surface area contributed by atoms with Gasteiger partial charge in [-0.25, -0.2) is 19.9 Å². The minimum absolute atomic E-state index is 0.239. The fraction of sp³-hybridized carbons (Fsp3) is 0.360. The molecule has 4 aromatic rings. The monoisotopic (exact) mass is 534 g/mol. The van der Waals surface area contributed by atoms with Crippen molar-refractivity contribution in [2.75, 3.05) is 17.0 Å². The van der Waals surface area contributed by atoms with Gasteiger partial charge in [-0.15, -0.1) is 5.10 Å². The van der Waals surface area contributed by atoms with Gasteiger partial charge in [0.2, 0.25) is 11.9 Å². The number of nitrogens with zero attached hydrogens (tertiary/aromatic N) is 8. The molecule has 0 aromatic carbocycles. The summed E-state index contributed by atoms with van der Waals surface area (Å²) in [4.78, 5) is 22.4. The molecule has 1 amide bonds. The van der Waals surface area contributed by atoms with E-state index >= 15 is 0 Å². The predicted molar refractivity (Wildman–Crippen MR) is 139 cm³/mol. The molecule has 0 unspecified atom stereocenters. The van der Waals surface area contributed by atoms with Gasteiger partial charge in [0.05, 0.1) is 41.3 Å². The standard InChI is InChI=1S/C25H24ClFN10O/c1-25(15-9-32-35(13-15)12-14-2-3-14)8-17(18-11-28-21-7-20(27)34-36(21)22(18)25)24(38)33-16-6-19(26)23(29-10-16)37-30-4-5-31-37/h4,6-7,9-11,13-14,17,31H,2-3,5,8,12H2,1H3,(H,33,38)/t17-,25-/m1/s1. The average Bonchev–Trinajstić information content (AvgIpc) is 3.29. The van der Waals surface area contributed by atoms with Gasteiger partial charge in [-0.2, -0.15) is 19.7 Å². The van der Waals surface area contributed by atoms with Gasteiger partial charge >= 0.3 is 0 Å². The maximum atomic E-state index is 14.2. The molecule has 0 spiro atoms. The number of hydrogen-bond donors (Lipinski definition) is 2. The van der Waals surface area contributed by atoms with Gasteiger partial charge < -0.3 is 5.32 Å². The minimum Gasteiger partial charge on any atom is -0.324 e. The van der Waals surface area contributed by atoms with E-state index < -0.39 is 17.3 Å². The summed E-state index contributed by atoms with van der Waals surface area (Å²) in [5, 5.41) is 17.6. The first-order chi connectivity index (χ1) is 18.4. The van der Waals surface area contributed by atoms with E-state index in [9.17, 15) is 9.18 Å². The van der Waals surface area contributed by atoms with Crippen LogP contribution >= 0.6 is 11.6 Å². The third-order valence-corrected chi connectivity index (χ3v) is 7.82. The van der Waals surface area contributed by atoms with Crippen LogP contribution in [0.15, 0.2) is 42.0 Å². The fourth-order valence-corrected chi connectivity index (χ4v) is 5.69. The highest BCUT2D eigenvalue weighted by molar-refractivity contribution is 6.33. The van der Waals surface area contributed by atoms with Crippen LogP contribution in [-0.4, -0.2) is 48.0 Å². The molecule has 1 fully saturated rings. The molecular weight excluding hydrogens is 511 g/mol. The number of aromatic nitrogens is 6. The quantitative estimate of drug-likeness (QED) is 0.390. The van der Waals surface area contributed by atoms with Crippen molar-refractivity contribution >= 4 is 40.9 Å². The van der Waals surface area contributed by atoms with Crippen LogP contribution in [0.1, 0.15) is 48.9 Å². The van der Waals surface area contributed by atoms with E-state index in [4.69, 9.17) is 11.6 Å². The second-order valence-electron chi connectivity index (χ2n) is 10.3. The van der Waals surface area contributed by atoms with Crippen LogP contribution in [-0.2, 0) is 16.8 Å². The Labute approximate surface area is 221 Å². The van der Waals surface area contributed by atoms with Crippen molar-refractivity contribution in [2.45, 2.75) is 44.1 Å². The highest BCUT2D eigenvalue weighted by atomic mass is 35.5. The lowest BCUT2D eigenvalue weighted by molar-refractivity contribution is -0.117. The number of anilines is 2. The molecule has 2 atom stereocenters. The molecule has 0 bridgehead atoms. The number of pyridine rings is 1. The highest BCUT2D eigenvalue weighted by Gasteiger charge is 2.48. The zero-order valence-electron chi connectivity index (χ0n) is 20.5. The summed E-state index contributed by atoms with van der Waals surface area (Å²) >= 11 is 6.43. The molecule has 0 radical (unpaired) electrons. The Morgan fingerprint density at radius 3 is 2.89 bits per heavy atom. The Morgan fingerprint density at radius 1 is 1.26 bits per heavy atom. The molecule has 1 saturated carbocycles. The van der Waals surface area contributed by atoms with Gasteiger partial charge in [0.25, 0.3) is 0 Å². The summed E-state index contributed by atoms with van der Waals surface area (Å²) in [6.07, 6.45) is 11.7. The number of halogens is 2. The lowest BCUT2D eigenvalue weighted by Gasteiger charge is -2.24. The molecule has 3 aliphatic rings. The average molecular weight is 535 g/mol. The Morgan fingerprint density at radius 2 is 2.13 bits per heavy atom. The Kier molecular flexibility index (Phi) is 5.24. The van der Waals surface area contributed by atoms with Crippen LogP contribution in [0.3, 0.4) is 0 Å². The normalized spacial score (nSPS) is 22.4. The smallest absolute Gasteiger partial charge is 0.235 e. The molecular formula is C25H24ClFN10O. The zero-order valence-corrected chi connectivity index (χ0v) is 21.2. The lowest BCUT2D eigenvalue weighted by atomic mass is 9.80. The van der Waals surface area contributed by atoms with Crippen LogP contribution in [0.4, 0.5) is 15.9 Å². The molecule has 1 aliphatic heterocycles. The number of carbonyl (C=O) groups excluding carboxylic acids is 1. The molecule has 38 heavy (non-hydrogen) atoms. The van der Waals surface area contributed by atoms with Gasteiger partial charge in [0.15, 0.2) is 11.5 Å². The molecule has 2 aliphatic carbocycles. The first kappa shape index (κ1) is 23.2. The van der Waals surface area contributed by atoms with Crippen LogP contribution in [0, 0.1) is 11.9 Å². The molecule has 194 valence electrons. The first-order valence-electron chi connectivity index (χ1n) is 12.5. The SMILES string of the molecule is C[C@]1(c2cnn(CC3CC3)c2)C[C@@H](C(=O)Nc2cnc(N3N=CCN3)c(Cl)c2)c2cnc3cc(F)nn3c21. The van der Waals surface area contributed by atoms with Crippen molar-refractivity contribution in [3.63, 3.8) is 0 Å². The Bertz CT molecular complexity index is 1610. The number of rotatable bonds is 6. The summed E-state index contributed by atoms with van der Waals surface area (Å²) in [5.74, 6) is -0.317. The summed E-state index contributed by atoms with van der Waals surface area (Å²) < 4.78 is 17.7. The number of nitrogens with one attached hydrogen (secondary N) is 2. The van der Waals surface area contributed by atoms with Gasteiger partial charge in [-0.3, -0.25) is 9.48 Å². The Balaban J connectivity index is 1.23. The van der Waals surface area contributed by atoms with Crippen LogP contribution in [0.2, 0.25) is 5.02 Å². The molecule has 13 heteroatoms. The van der Waals surface area contributed by atoms with Crippen molar-refractivity contribution in [2.24, 2.45) is 11.0 Å². The van der Waals surface area contributed by atoms with Crippen LogP contribution < -0.4 is 15.9 Å². The van der Waals surface area contributed by atoms with E-state index in [0.29, 0.717) is 46.6 Å². The summed E-state index contributed by atoms with van der Waals surface area (Å²) in [6.45, 7) is 3.50. The maximum absolute atomic E-state index is 14.2. The molecule has 11 nitrogen and oxygen atoms in total. The predicted octanol–water partition coefficient (Wildman–Crippen LogP) is 3.27. The first-order valence-corrected chi connectivity index (χ1v) is 12.9. The van der Waals surface area contributed by atoms with E-state index in [1.165, 1.54) is 34.7 Å². The van der Waals surface area contributed by atoms with E-state index in [2.05, 4.69) is 36.0 Å². The van der Waals surface area contributed by atoms with E-state index in [0.717, 1.165) is 17.8 Å². The number of carbonyl (C=O) groups is 1. The molecule has 2 N–H and O–H groups in total. The van der Waals surface area contributed by atoms with Crippen molar-refractivity contribution in [1.82, 2.24) is 34.8 Å². The molecule has 7 rings (SSSR count). The van der Waals surface area contributed by atoms with Crippen molar-refractivity contribution in [3.8, 4) is 0 Å². The van der Waals surface area contributed by atoms with Gasteiger partial charge in [0, 0.05) is 47.8 Å². The van der Waals surface area contributed by atoms with E-state index in [1.807, 2.05) is 24.0 Å². The minimum atomic E-state index is -0.641. The van der Waals surface area contributed by atoms with E-state index in [-0.39, 0.29) is 5.91 Å². The Hall–Kier alpha value is -3.90. The maximum Gasteiger partial charge on any atom is 0.235 e. The summed E-state index contributed by atoms with van der Waals surface area (Å²) in [5.41, 5.74) is 5.61. The van der Waals surface area contributed by atoms with Crippen molar-refractivity contribution < 1.29 is 9.18 Å². The van der Waals surface area contributed by atoms with Crippen LogP contribution in [0.5, 0.6) is 0 Å². The van der Waals surface area contributed by atoms with Crippen molar-refractivity contribution in [1.29, 1.82) is 0 Å². The van der Waals surface area contributed by atoms with E-state index in [1.54, 1.807) is 18.5 Å². The number of amides is 1. The molecule has 0 saturated heterocycles. The largest absolute Gasteiger partial charge is 0.324 e. The van der Waals surface area contributed by atoms with Crippen LogP contribution in [0.25, 0.3) is 5.65 Å². The van der Waals surface area contributed by atoms with Crippen molar-refractivity contribution in [3.05, 3.63) is 64.7 Å². The second-order valence-corrected chi connectivity index (χ2v) is 10.7. The third-order valence-electron chi connectivity index (χ3n) is 7.54. The number of hydrazone groups is 1. The van der Waals surface area contributed by atoms with Gasteiger partial charge in [-0.05, 0) is 38.2 Å². The molecule has 4 aromatic heterocycles. The number of hydrazine groups is 1.